The van der Waals surface area contributed by atoms with Crippen LogP contribution in [0.1, 0.15) is 27.9 Å². The number of hydrogen-bond acceptors (Lipinski definition) is 3. The fourth-order valence-corrected chi connectivity index (χ4v) is 1.93. The van der Waals surface area contributed by atoms with Crippen LogP contribution in [0.5, 0.6) is 0 Å². The van der Waals surface area contributed by atoms with Crippen molar-refractivity contribution in [3.63, 3.8) is 0 Å². The summed E-state index contributed by atoms with van der Waals surface area (Å²) < 4.78 is 0. The number of aliphatic carboxylic acids is 1. The van der Waals surface area contributed by atoms with E-state index in [0.29, 0.717) is 12.1 Å². The molecule has 1 rings (SSSR count). The van der Waals surface area contributed by atoms with Crippen molar-refractivity contribution in [2.45, 2.75) is 13.3 Å². The van der Waals surface area contributed by atoms with Crippen molar-refractivity contribution in [2.24, 2.45) is 0 Å². The summed E-state index contributed by atoms with van der Waals surface area (Å²) >= 11 is 0. The Kier molecular flexibility index (Phi) is 6.62. The smallest absolute Gasteiger partial charge is 0.328 e. The van der Waals surface area contributed by atoms with Crippen molar-refractivity contribution < 1.29 is 14.7 Å². The van der Waals surface area contributed by atoms with Crippen molar-refractivity contribution >= 4 is 18.0 Å². The second-order valence-corrected chi connectivity index (χ2v) is 5.10. The van der Waals surface area contributed by atoms with Gasteiger partial charge in [-0.05, 0) is 57.3 Å². The Labute approximate surface area is 125 Å². The Morgan fingerprint density at radius 1 is 1.33 bits per heavy atom. The number of nitrogens with one attached hydrogen (secondary N) is 1. The van der Waals surface area contributed by atoms with Crippen LogP contribution in [-0.2, 0) is 4.79 Å². The number of carbonyl (C=O) groups excluding carboxylic acids is 1. The zero-order valence-electron chi connectivity index (χ0n) is 12.7. The number of rotatable bonds is 7. The summed E-state index contributed by atoms with van der Waals surface area (Å²) in [6.45, 7) is 3.35. The first-order valence-corrected chi connectivity index (χ1v) is 6.85. The normalized spacial score (nSPS) is 11.0. The molecular formula is C16H22N2O3. The molecular weight excluding hydrogens is 268 g/mol. The molecule has 5 nitrogen and oxygen atoms in total. The van der Waals surface area contributed by atoms with Crippen LogP contribution >= 0.6 is 0 Å². The second kappa shape index (κ2) is 8.21. The number of benzene rings is 1. The van der Waals surface area contributed by atoms with Crippen LogP contribution < -0.4 is 5.32 Å². The van der Waals surface area contributed by atoms with Gasteiger partial charge in [-0.3, -0.25) is 4.79 Å². The van der Waals surface area contributed by atoms with E-state index in [2.05, 4.69) is 10.2 Å². The maximum Gasteiger partial charge on any atom is 0.328 e. The first kappa shape index (κ1) is 16.9. The van der Waals surface area contributed by atoms with Gasteiger partial charge in [0, 0.05) is 18.2 Å². The van der Waals surface area contributed by atoms with E-state index in [1.165, 1.54) is 6.08 Å². The van der Waals surface area contributed by atoms with Gasteiger partial charge in [0.2, 0.25) is 0 Å². The maximum atomic E-state index is 12.1. The average Bonchev–Trinajstić information content (AvgIpc) is 2.42. The minimum absolute atomic E-state index is 0.128. The van der Waals surface area contributed by atoms with Crippen LogP contribution in [0.25, 0.3) is 6.08 Å². The molecule has 0 saturated carbocycles. The fraction of sp³-hybridized carbons (Fsp3) is 0.375. The van der Waals surface area contributed by atoms with Crippen molar-refractivity contribution in [2.75, 3.05) is 27.2 Å². The van der Waals surface area contributed by atoms with Gasteiger partial charge in [-0.15, -0.1) is 0 Å². The summed E-state index contributed by atoms with van der Waals surface area (Å²) in [4.78, 5) is 24.8. The van der Waals surface area contributed by atoms with Gasteiger partial charge in [0.05, 0.1) is 0 Å². The van der Waals surface area contributed by atoms with E-state index >= 15 is 0 Å². The third-order valence-electron chi connectivity index (χ3n) is 3.09. The van der Waals surface area contributed by atoms with Gasteiger partial charge in [0.15, 0.2) is 0 Å². The van der Waals surface area contributed by atoms with Gasteiger partial charge in [0.1, 0.15) is 0 Å². The van der Waals surface area contributed by atoms with Gasteiger partial charge in [0.25, 0.3) is 5.91 Å². The first-order valence-electron chi connectivity index (χ1n) is 6.85. The van der Waals surface area contributed by atoms with Crippen molar-refractivity contribution in [1.82, 2.24) is 10.2 Å². The summed E-state index contributed by atoms with van der Waals surface area (Å²) in [7, 11) is 3.98. The highest BCUT2D eigenvalue weighted by Gasteiger charge is 2.10. The SMILES string of the molecule is Cc1c(C=CC(=O)O)cccc1C(=O)NCCCN(C)C. The molecule has 114 valence electrons. The highest BCUT2D eigenvalue weighted by molar-refractivity contribution is 5.97. The highest BCUT2D eigenvalue weighted by Crippen LogP contribution is 2.15. The minimum Gasteiger partial charge on any atom is -0.478 e. The van der Waals surface area contributed by atoms with E-state index in [1.807, 2.05) is 21.0 Å². The fourth-order valence-electron chi connectivity index (χ4n) is 1.93. The molecule has 0 aliphatic heterocycles. The highest BCUT2D eigenvalue weighted by atomic mass is 16.4. The van der Waals surface area contributed by atoms with Gasteiger partial charge < -0.3 is 15.3 Å². The quantitative estimate of drug-likeness (QED) is 0.593. The summed E-state index contributed by atoms with van der Waals surface area (Å²) in [5, 5.41) is 11.5. The number of carboxylic acids is 1. The lowest BCUT2D eigenvalue weighted by Crippen LogP contribution is -2.27. The topological polar surface area (TPSA) is 69.6 Å². The molecule has 0 spiro atoms. The third kappa shape index (κ3) is 5.79. The van der Waals surface area contributed by atoms with E-state index in [9.17, 15) is 9.59 Å². The molecule has 1 aromatic carbocycles. The molecule has 1 amide bonds. The molecule has 21 heavy (non-hydrogen) atoms. The summed E-state index contributed by atoms with van der Waals surface area (Å²) in [6.07, 6.45) is 3.46. The Bertz CT molecular complexity index is 536. The first-order chi connectivity index (χ1) is 9.91. The van der Waals surface area contributed by atoms with E-state index in [0.717, 1.165) is 30.2 Å². The lowest BCUT2D eigenvalue weighted by molar-refractivity contribution is -0.131. The zero-order chi connectivity index (χ0) is 15.8. The summed E-state index contributed by atoms with van der Waals surface area (Å²) in [5.41, 5.74) is 2.09. The number of hydrogen-bond donors (Lipinski definition) is 2. The number of carbonyl (C=O) groups is 2. The number of nitrogens with zero attached hydrogens (tertiary/aromatic N) is 1. The Hall–Kier alpha value is -2.14. The predicted octanol–water partition coefficient (Wildman–Crippen LogP) is 1.77. The molecule has 0 aliphatic rings. The summed E-state index contributed by atoms with van der Waals surface area (Å²) in [5.74, 6) is -1.13. The van der Waals surface area contributed by atoms with E-state index in [1.54, 1.807) is 18.2 Å². The minimum atomic E-state index is -1.01. The molecule has 5 heteroatoms. The Morgan fingerprint density at radius 2 is 2.05 bits per heavy atom. The van der Waals surface area contributed by atoms with Gasteiger partial charge in [-0.2, -0.15) is 0 Å². The van der Waals surface area contributed by atoms with Gasteiger partial charge in [-0.1, -0.05) is 12.1 Å². The van der Waals surface area contributed by atoms with Crippen molar-refractivity contribution in [3.05, 3.63) is 41.0 Å². The molecule has 0 saturated heterocycles. The molecule has 0 fully saturated rings. The molecule has 2 N–H and O–H groups in total. The average molecular weight is 290 g/mol. The molecule has 0 bridgehead atoms. The Balaban J connectivity index is 2.72. The second-order valence-electron chi connectivity index (χ2n) is 5.10. The van der Waals surface area contributed by atoms with Crippen molar-refractivity contribution in [3.8, 4) is 0 Å². The zero-order valence-corrected chi connectivity index (χ0v) is 12.7. The van der Waals surface area contributed by atoms with Gasteiger partial charge >= 0.3 is 5.97 Å². The van der Waals surface area contributed by atoms with E-state index in [4.69, 9.17) is 5.11 Å². The van der Waals surface area contributed by atoms with Crippen LogP contribution in [0.4, 0.5) is 0 Å². The molecule has 0 radical (unpaired) electrons. The molecule has 0 heterocycles. The van der Waals surface area contributed by atoms with Crippen LogP contribution in [-0.4, -0.2) is 49.1 Å². The third-order valence-corrected chi connectivity index (χ3v) is 3.09. The van der Waals surface area contributed by atoms with Crippen molar-refractivity contribution in [1.29, 1.82) is 0 Å². The molecule has 0 aliphatic carbocycles. The number of carboxylic acid groups (broad SMARTS) is 1. The summed E-state index contributed by atoms with van der Waals surface area (Å²) in [6, 6.07) is 5.29. The van der Waals surface area contributed by atoms with E-state index < -0.39 is 5.97 Å². The van der Waals surface area contributed by atoms with Gasteiger partial charge in [-0.25, -0.2) is 4.79 Å². The monoisotopic (exact) mass is 290 g/mol. The largest absolute Gasteiger partial charge is 0.478 e. The maximum absolute atomic E-state index is 12.1. The lowest BCUT2D eigenvalue weighted by atomic mass is 10.0. The number of amides is 1. The van der Waals surface area contributed by atoms with Crippen LogP contribution in [0.3, 0.4) is 0 Å². The Morgan fingerprint density at radius 3 is 2.67 bits per heavy atom. The molecule has 0 unspecified atom stereocenters. The van der Waals surface area contributed by atoms with Crippen LogP contribution in [0.15, 0.2) is 24.3 Å². The molecule has 0 atom stereocenters. The van der Waals surface area contributed by atoms with Crippen LogP contribution in [0, 0.1) is 6.92 Å². The lowest BCUT2D eigenvalue weighted by Gasteiger charge is -2.11. The standard InChI is InChI=1S/C16H22N2O3/c1-12-13(8-9-15(19)20)6-4-7-14(12)16(21)17-10-5-11-18(2)3/h4,6-9H,5,10-11H2,1-3H3,(H,17,21)(H,19,20). The van der Waals surface area contributed by atoms with Crippen LogP contribution in [0.2, 0.25) is 0 Å². The predicted molar refractivity (Wildman–Crippen MR) is 83.4 cm³/mol. The molecule has 0 aromatic heterocycles. The van der Waals surface area contributed by atoms with E-state index in [-0.39, 0.29) is 5.91 Å². The molecule has 1 aromatic rings.